The zero-order chi connectivity index (χ0) is 15.5. The van der Waals surface area contributed by atoms with Crippen molar-refractivity contribution in [1.29, 1.82) is 0 Å². The number of H-pyrrole nitrogens is 1. The van der Waals surface area contributed by atoms with Crippen LogP contribution in [0.15, 0.2) is 40.4 Å². The molecule has 6 heteroatoms. The molecule has 0 radical (unpaired) electrons. The number of nitrogens with zero attached hydrogens (tertiary/aromatic N) is 3. The third-order valence-electron chi connectivity index (χ3n) is 3.43. The van der Waals surface area contributed by atoms with E-state index in [2.05, 4.69) is 22.0 Å². The maximum atomic E-state index is 12.2. The van der Waals surface area contributed by atoms with E-state index in [1.807, 2.05) is 31.2 Å². The van der Waals surface area contributed by atoms with Gasteiger partial charge in [-0.05, 0) is 25.5 Å². The van der Waals surface area contributed by atoms with Gasteiger partial charge in [-0.3, -0.25) is 4.79 Å². The third kappa shape index (κ3) is 2.92. The Bertz CT molecular complexity index is 835. The number of nitrogens with one attached hydrogen (secondary N) is 1. The van der Waals surface area contributed by atoms with Crippen LogP contribution < -0.4 is 5.56 Å². The van der Waals surface area contributed by atoms with Crippen molar-refractivity contribution >= 4 is 22.8 Å². The standard InChI is InChI=1S/C16H18N4OS/c1-3-4-9-22-16-18-14-13(15(21)19-16)10-17-20(14)12-7-5-11(2)6-8-12/h5-8,10H,3-4,9H2,1-2H3,(H,18,19,21). The molecule has 0 unspecified atom stereocenters. The van der Waals surface area contributed by atoms with E-state index in [-0.39, 0.29) is 5.56 Å². The smallest absolute Gasteiger partial charge is 0.262 e. The van der Waals surface area contributed by atoms with Crippen LogP contribution in [-0.2, 0) is 0 Å². The van der Waals surface area contributed by atoms with Crippen LogP contribution in [0.1, 0.15) is 25.3 Å². The van der Waals surface area contributed by atoms with Crippen LogP contribution in [0.2, 0.25) is 0 Å². The van der Waals surface area contributed by atoms with Crippen molar-refractivity contribution in [3.05, 3.63) is 46.4 Å². The monoisotopic (exact) mass is 314 g/mol. The first kappa shape index (κ1) is 14.8. The van der Waals surface area contributed by atoms with Crippen LogP contribution in [0.3, 0.4) is 0 Å². The second-order valence-electron chi connectivity index (χ2n) is 5.20. The van der Waals surface area contributed by atoms with E-state index < -0.39 is 0 Å². The van der Waals surface area contributed by atoms with Crippen molar-refractivity contribution in [2.45, 2.75) is 31.8 Å². The molecule has 0 fully saturated rings. The van der Waals surface area contributed by atoms with Crippen LogP contribution in [0.25, 0.3) is 16.7 Å². The molecule has 5 nitrogen and oxygen atoms in total. The largest absolute Gasteiger partial charge is 0.301 e. The van der Waals surface area contributed by atoms with Gasteiger partial charge < -0.3 is 4.98 Å². The Morgan fingerprint density at radius 3 is 2.77 bits per heavy atom. The zero-order valence-electron chi connectivity index (χ0n) is 12.7. The fraction of sp³-hybridized carbons (Fsp3) is 0.312. The van der Waals surface area contributed by atoms with E-state index in [1.54, 1.807) is 22.6 Å². The first-order chi connectivity index (χ1) is 10.7. The lowest BCUT2D eigenvalue weighted by atomic mass is 10.2. The Labute approximate surface area is 132 Å². The van der Waals surface area contributed by atoms with E-state index in [9.17, 15) is 4.79 Å². The van der Waals surface area contributed by atoms with Gasteiger partial charge in [0.25, 0.3) is 5.56 Å². The molecule has 114 valence electrons. The lowest BCUT2D eigenvalue weighted by Crippen LogP contribution is -2.09. The van der Waals surface area contributed by atoms with Gasteiger partial charge in [-0.1, -0.05) is 42.8 Å². The molecule has 22 heavy (non-hydrogen) atoms. The minimum absolute atomic E-state index is 0.137. The fourth-order valence-electron chi connectivity index (χ4n) is 2.15. The Kier molecular flexibility index (Phi) is 4.29. The molecule has 3 aromatic rings. The van der Waals surface area contributed by atoms with Gasteiger partial charge in [0.2, 0.25) is 0 Å². The second-order valence-corrected chi connectivity index (χ2v) is 6.29. The summed E-state index contributed by atoms with van der Waals surface area (Å²) in [4.78, 5) is 19.6. The molecule has 2 heterocycles. The van der Waals surface area contributed by atoms with Gasteiger partial charge in [0.05, 0.1) is 11.9 Å². The highest BCUT2D eigenvalue weighted by molar-refractivity contribution is 7.99. The van der Waals surface area contributed by atoms with Crippen LogP contribution in [-0.4, -0.2) is 25.5 Å². The maximum absolute atomic E-state index is 12.2. The van der Waals surface area contributed by atoms with Crippen LogP contribution in [0.5, 0.6) is 0 Å². The number of aromatic amines is 1. The lowest BCUT2D eigenvalue weighted by Gasteiger charge is -2.04. The Balaban J connectivity index is 2.04. The highest BCUT2D eigenvalue weighted by atomic mass is 32.2. The number of hydrogen-bond donors (Lipinski definition) is 1. The molecule has 1 N–H and O–H groups in total. The molecule has 0 atom stereocenters. The van der Waals surface area contributed by atoms with Crippen molar-refractivity contribution in [2.75, 3.05) is 5.75 Å². The van der Waals surface area contributed by atoms with Gasteiger partial charge in [0, 0.05) is 5.75 Å². The van der Waals surface area contributed by atoms with Gasteiger partial charge in [0.15, 0.2) is 10.8 Å². The molecule has 0 aliphatic carbocycles. The number of unbranched alkanes of at least 4 members (excludes halogenated alkanes) is 1. The quantitative estimate of drug-likeness (QED) is 0.446. The summed E-state index contributed by atoms with van der Waals surface area (Å²) >= 11 is 1.58. The van der Waals surface area contributed by atoms with Crippen molar-refractivity contribution in [3.8, 4) is 5.69 Å². The molecule has 0 saturated carbocycles. The Morgan fingerprint density at radius 2 is 2.05 bits per heavy atom. The molecular weight excluding hydrogens is 296 g/mol. The number of rotatable bonds is 5. The molecule has 0 aliphatic rings. The van der Waals surface area contributed by atoms with Gasteiger partial charge in [-0.25, -0.2) is 9.67 Å². The van der Waals surface area contributed by atoms with E-state index in [0.717, 1.165) is 24.3 Å². The molecular formula is C16H18N4OS. The number of hydrogen-bond acceptors (Lipinski definition) is 4. The molecule has 0 saturated heterocycles. The third-order valence-corrected chi connectivity index (χ3v) is 4.39. The summed E-state index contributed by atoms with van der Waals surface area (Å²) in [5.41, 5.74) is 2.55. The van der Waals surface area contributed by atoms with Gasteiger partial charge in [-0.2, -0.15) is 5.10 Å². The topological polar surface area (TPSA) is 63.6 Å². The summed E-state index contributed by atoms with van der Waals surface area (Å²) in [5.74, 6) is 0.948. The van der Waals surface area contributed by atoms with E-state index in [0.29, 0.717) is 16.2 Å². The summed E-state index contributed by atoms with van der Waals surface area (Å²) in [6, 6.07) is 8.00. The summed E-state index contributed by atoms with van der Waals surface area (Å²) in [6.45, 7) is 4.18. The average molecular weight is 314 g/mol. The van der Waals surface area contributed by atoms with Crippen molar-refractivity contribution in [3.63, 3.8) is 0 Å². The first-order valence-electron chi connectivity index (χ1n) is 7.37. The van der Waals surface area contributed by atoms with E-state index >= 15 is 0 Å². The van der Waals surface area contributed by atoms with Gasteiger partial charge in [0.1, 0.15) is 5.39 Å². The van der Waals surface area contributed by atoms with Gasteiger partial charge >= 0.3 is 0 Å². The minimum Gasteiger partial charge on any atom is -0.301 e. The maximum Gasteiger partial charge on any atom is 0.262 e. The molecule has 0 bridgehead atoms. The summed E-state index contributed by atoms with van der Waals surface area (Å²) < 4.78 is 1.72. The first-order valence-corrected chi connectivity index (χ1v) is 8.35. The molecule has 0 spiro atoms. The molecule has 0 amide bonds. The van der Waals surface area contributed by atoms with Crippen LogP contribution in [0, 0.1) is 6.92 Å². The SMILES string of the molecule is CCCCSc1nc2c(cnn2-c2ccc(C)cc2)c(=O)[nH]1. The number of fused-ring (bicyclic) bond motifs is 1. The molecule has 0 aliphatic heterocycles. The van der Waals surface area contributed by atoms with Crippen LogP contribution in [0.4, 0.5) is 0 Å². The predicted molar refractivity (Wildman–Crippen MR) is 89.9 cm³/mol. The fourth-order valence-corrected chi connectivity index (χ4v) is 3.10. The van der Waals surface area contributed by atoms with Crippen molar-refractivity contribution in [2.24, 2.45) is 0 Å². The summed E-state index contributed by atoms with van der Waals surface area (Å²) in [6.07, 6.45) is 3.80. The highest BCUT2D eigenvalue weighted by Crippen LogP contribution is 2.18. The van der Waals surface area contributed by atoms with Crippen LogP contribution >= 0.6 is 11.8 Å². The lowest BCUT2D eigenvalue weighted by molar-refractivity contribution is 0.866. The Hall–Kier alpha value is -2.08. The zero-order valence-corrected chi connectivity index (χ0v) is 13.5. The highest BCUT2D eigenvalue weighted by Gasteiger charge is 2.11. The predicted octanol–water partition coefficient (Wildman–Crippen LogP) is 3.31. The van der Waals surface area contributed by atoms with Crippen molar-refractivity contribution < 1.29 is 0 Å². The van der Waals surface area contributed by atoms with Gasteiger partial charge in [-0.15, -0.1) is 0 Å². The number of aryl methyl sites for hydroxylation is 1. The molecule has 1 aromatic carbocycles. The normalized spacial score (nSPS) is 11.2. The number of thioether (sulfide) groups is 1. The number of aromatic nitrogens is 4. The van der Waals surface area contributed by atoms with E-state index in [1.165, 1.54) is 5.56 Å². The van der Waals surface area contributed by atoms with E-state index in [4.69, 9.17) is 0 Å². The molecule has 2 aromatic heterocycles. The summed E-state index contributed by atoms with van der Waals surface area (Å²) in [7, 11) is 0. The Morgan fingerprint density at radius 1 is 1.27 bits per heavy atom. The second kappa shape index (κ2) is 6.36. The number of benzene rings is 1. The average Bonchev–Trinajstić information content (AvgIpc) is 2.93. The molecule has 3 rings (SSSR count). The van der Waals surface area contributed by atoms with Crippen molar-refractivity contribution in [1.82, 2.24) is 19.7 Å². The summed E-state index contributed by atoms with van der Waals surface area (Å²) in [5, 5.41) is 5.49. The minimum atomic E-state index is -0.137.